The molecule has 0 N–H and O–H groups in total. The van der Waals surface area contributed by atoms with Crippen molar-refractivity contribution in [3.63, 3.8) is 0 Å². The van der Waals surface area contributed by atoms with E-state index in [-0.39, 0.29) is 0 Å². The molecule has 0 saturated heterocycles. The van der Waals surface area contributed by atoms with Gasteiger partial charge in [0.05, 0.1) is 12.3 Å². The van der Waals surface area contributed by atoms with E-state index in [9.17, 15) is 4.79 Å². The highest BCUT2D eigenvalue weighted by molar-refractivity contribution is 9.10. The molecule has 94 valence electrons. The zero-order valence-corrected chi connectivity index (χ0v) is 11.8. The maximum atomic E-state index is 11.6. The highest BCUT2D eigenvalue weighted by Crippen LogP contribution is 2.23. The number of hydrogen-bond donors (Lipinski definition) is 0. The lowest BCUT2D eigenvalue weighted by atomic mass is 10.1. The molecule has 0 atom stereocenters. The van der Waals surface area contributed by atoms with Crippen molar-refractivity contribution >= 4 is 21.9 Å². The molecule has 0 bridgehead atoms. The smallest absolute Gasteiger partial charge is 0.358 e. The molecule has 0 amide bonds. The van der Waals surface area contributed by atoms with Crippen LogP contribution in [0.5, 0.6) is 0 Å². The Morgan fingerprint density at radius 3 is 2.89 bits per heavy atom. The first-order chi connectivity index (χ1) is 8.61. The van der Waals surface area contributed by atoms with E-state index in [0.717, 1.165) is 15.7 Å². The highest BCUT2D eigenvalue weighted by Gasteiger charge is 2.14. The van der Waals surface area contributed by atoms with Gasteiger partial charge in [-0.25, -0.2) is 4.79 Å². The van der Waals surface area contributed by atoms with Crippen LogP contribution in [-0.4, -0.2) is 22.4 Å². The number of carbonyl (C=O) groups excluding carboxylic acids is 1. The van der Waals surface area contributed by atoms with Gasteiger partial charge < -0.3 is 4.74 Å². The van der Waals surface area contributed by atoms with Crippen molar-refractivity contribution in [3.05, 3.63) is 40.5 Å². The number of aromatic nitrogens is 2. The van der Waals surface area contributed by atoms with Gasteiger partial charge in [-0.15, -0.1) is 0 Å². The number of hydrogen-bond acceptors (Lipinski definition) is 3. The molecule has 2 rings (SSSR count). The van der Waals surface area contributed by atoms with E-state index in [0.29, 0.717) is 12.3 Å². The molecule has 18 heavy (non-hydrogen) atoms. The minimum atomic E-state index is -0.394. The summed E-state index contributed by atoms with van der Waals surface area (Å²) >= 11 is 3.42. The summed E-state index contributed by atoms with van der Waals surface area (Å²) in [6, 6.07) is 9.57. The summed E-state index contributed by atoms with van der Waals surface area (Å²) in [7, 11) is 1.80. The van der Waals surface area contributed by atoms with Crippen molar-refractivity contribution in [2.24, 2.45) is 7.05 Å². The molecule has 1 aromatic heterocycles. The Kier molecular flexibility index (Phi) is 3.81. The quantitative estimate of drug-likeness (QED) is 0.819. The lowest BCUT2D eigenvalue weighted by molar-refractivity contribution is 0.0518. The Labute approximate surface area is 114 Å². The molecule has 0 radical (unpaired) electrons. The molecule has 0 spiro atoms. The SMILES string of the molecule is CCOC(=O)c1cc(-c2cccc(Br)c2)n(C)n1. The minimum Gasteiger partial charge on any atom is -0.461 e. The van der Waals surface area contributed by atoms with Crippen LogP contribution in [0.1, 0.15) is 17.4 Å². The van der Waals surface area contributed by atoms with Gasteiger partial charge in [0.15, 0.2) is 5.69 Å². The van der Waals surface area contributed by atoms with Crippen LogP contribution < -0.4 is 0 Å². The fraction of sp³-hybridized carbons (Fsp3) is 0.231. The Balaban J connectivity index is 2.38. The maximum absolute atomic E-state index is 11.6. The van der Waals surface area contributed by atoms with Crippen molar-refractivity contribution < 1.29 is 9.53 Å². The fourth-order valence-electron chi connectivity index (χ4n) is 1.69. The van der Waals surface area contributed by atoms with E-state index in [1.165, 1.54) is 0 Å². The molecule has 5 heteroatoms. The van der Waals surface area contributed by atoms with Gasteiger partial charge in [0.25, 0.3) is 0 Å². The first-order valence-electron chi connectivity index (χ1n) is 5.59. The van der Waals surface area contributed by atoms with E-state index in [1.54, 1.807) is 24.7 Å². The van der Waals surface area contributed by atoms with Gasteiger partial charge in [0.1, 0.15) is 0 Å². The number of benzene rings is 1. The summed E-state index contributed by atoms with van der Waals surface area (Å²) in [5.74, 6) is -0.394. The third-order valence-electron chi connectivity index (χ3n) is 2.48. The van der Waals surface area contributed by atoms with E-state index < -0.39 is 5.97 Å². The van der Waals surface area contributed by atoms with Gasteiger partial charge in [-0.3, -0.25) is 4.68 Å². The third-order valence-corrected chi connectivity index (χ3v) is 2.98. The van der Waals surface area contributed by atoms with Crippen molar-refractivity contribution in [2.45, 2.75) is 6.92 Å². The van der Waals surface area contributed by atoms with Crippen LogP contribution in [0.2, 0.25) is 0 Å². The summed E-state index contributed by atoms with van der Waals surface area (Å²) in [5.41, 5.74) is 2.20. The van der Waals surface area contributed by atoms with Crippen LogP contribution in [0.15, 0.2) is 34.8 Å². The minimum absolute atomic E-state index is 0.328. The molecule has 0 aliphatic heterocycles. The normalized spacial score (nSPS) is 10.4. The molecule has 0 saturated carbocycles. The van der Waals surface area contributed by atoms with Gasteiger partial charge in [-0.1, -0.05) is 28.1 Å². The number of nitrogens with zero attached hydrogens (tertiary/aromatic N) is 2. The van der Waals surface area contributed by atoms with E-state index in [4.69, 9.17) is 4.74 Å². The molecule has 0 aliphatic carbocycles. The number of aryl methyl sites for hydroxylation is 1. The second kappa shape index (κ2) is 5.35. The van der Waals surface area contributed by atoms with Crippen LogP contribution in [0.4, 0.5) is 0 Å². The van der Waals surface area contributed by atoms with Gasteiger partial charge in [0.2, 0.25) is 0 Å². The molecule has 0 aliphatic rings. The maximum Gasteiger partial charge on any atom is 0.358 e. The fourth-order valence-corrected chi connectivity index (χ4v) is 2.09. The van der Waals surface area contributed by atoms with Crippen molar-refractivity contribution in [1.29, 1.82) is 0 Å². The molecule has 1 aromatic carbocycles. The average Bonchev–Trinajstić information content (AvgIpc) is 2.72. The van der Waals surface area contributed by atoms with E-state index in [1.807, 2.05) is 24.3 Å². The van der Waals surface area contributed by atoms with Crippen molar-refractivity contribution in [2.75, 3.05) is 6.61 Å². The van der Waals surface area contributed by atoms with Crippen LogP contribution in [0.3, 0.4) is 0 Å². The number of carbonyl (C=O) groups is 1. The molecular weight excluding hydrogens is 296 g/mol. The standard InChI is InChI=1S/C13H13BrN2O2/c1-3-18-13(17)11-8-12(16(2)15-11)9-5-4-6-10(14)7-9/h4-8H,3H2,1-2H3. The van der Waals surface area contributed by atoms with Crippen LogP contribution in [0, 0.1) is 0 Å². The second-order valence-electron chi connectivity index (χ2n) is 3.77. The van der Waals surface area contributed by atoms with Crippen molar-refractivity contribution in [3.8, 4) is 11.3 Å². The van der Waals surface area contributed by atoms with E-state index in [2.05, 4.69) is 21.0 Å². The monoisotopic (exact) mass is 308 g/mol. The predicted molar refractivity (Wildman–Crippen MR) is 72.3 cm³/mol. The Morgan fingerprint density at radius 1 is 1.44 bits per heavy atom. The van der Waals surface area contributed by atoms with Crippen molar-refractivity contribution in [1.82, 2.24) is 9.78 Å². The second-order valence-corrected chi connectivity index (χ2v) is 4.68. The van der Waals surface area contributed by atoms with Gasteiger partial charge in [0, 0.05) is 17.1 Å². The Bertz CT molecular complexity index is 578. The summed E-state index contributed by atoms with van der Waals surface area (Å²) in [6.45, 7) is 2.12. The highest BCUT2D eigenvalue weighted by atomic mass is 79.9. The predicted octanol–water partition coefficient (Wildman–Crippen LogP) is 3.03. The average molecular weight is 309 g/mol. The molecule has 0 unspecified atom stereocenters. The van der Waals surface area contributed by atoms with Gasteiger partial charge >= 0.3 is 5.97 Å². The first-order valence-corrected chi connectivity index (χ1v) is 6.38. The zero-order valence-electron chi connectivity index (χ0n) is 10.2. The largest absolute Gasteiger partial charge is 0.461 e. The summed E-state index contributed by atoms with van der Waals surface area (Å²) in [6.07, 6.45) is 0. The third kappa shape index (κ3) is 2.61. The Hall–Kier alpha value is -1.62. The van der Waals surface area contributed by atoms with E-state index >= 15 is 0 Å². The van der Waals surface area contributed by atoms with Crippen LogP contribution in [0.25, 0.3) is 11.3 Å². The topological polar surface area (TPSA) is 44.1 Å². The molecule has 0 fully saturated rings. The lowest BCUT2D eigenvalue weighted by Crippen LogP contribution is -2.05. The summed E-state index contributed by atoms with van der Waals surface area (Å²) in [4.78, 5) is 11.6. The summed E-state index contributed by atoms with van der Waals surface area (Å²) in [5, 5.41) is 4.16. The number of halogens is 1. The number of rotatable bonds is 3. The Morgan fingerprint density at radius 2 is 2.22 bits per heavy atom. The van der Waals surface area contributed by atoms with Crippen LogP contribution in [-0.2, 0) is 11.8 Å². The molecule has 4 nitrogen and oxygen atoms in total. The van der Waals surface area contributed by atoms with Crippen LogP contribution >= 0.6 is 15.9 Å². The number of ether oxygens (including phenoxy) is 1. The first kappa shape index (κ1) is 12.8. The van der Waals surface area contributed by atoms with Gasteiger partial charge in [-0.2, -0.15) is 5.10 Å². The molecule has 1 heterocycles. The summed E-state index contributed by atoms with van der Waals surface area (Å²) < 4.78 is 7.59. The lowest BCUT2D eigenvalue weighted by Gasteiger charge is -2.01. The molecule has 2 aromatic rings. The zero-order chi connectivity index (χ0) is 13.1. The van der Waals surface area contributed by atoms with Gasteiger partial charge in [-0.05, 0) is 25.1 Å². The molecular formula is C13H13BrN2O2. The number of esters is 1.